The molecule has 4 aromatic rings. The van der Waals surface area contributed by atoms with E-state index in [0.717, 1.165) is 67.0 Å². The molecule has 0 bridgehead atoms. The summed E-state index contributed by atoms with van der Waals surface area (Å²) in [5.41, 5.74) is 5.91. The number of hydrogen-bond acceptors (Lipinski definition) is 8. The zero-order valence-corrected chi connectivity index (χ0v) is 23.1. The van der Waals surface area contributed by atoms with Crippen LogP contribution in [0.3, 0.4) is 0 Å². The van der Waals surface area contributed by atoms with E-state index in [9.17, 15) is 0 Å². The highest BCUT2D eigenvalue weighted by Gasteiger charge is 2.48. The third kappa shape index (κ3) is 3.15. The third-order valence-electron chi connectivity index (χ3n) is 8.49. The first-order valence-corrected chi connectivity index (χ1v) is 14.1. The third-order valence-corrected chi connectivity index (χ3v) is 9.15. The molecule has 0 N–H and O–H groups in total. The molecule has 2 spiro atoms. The van der Waals surface area contributed by atoms with Gasteiger partial charge in [-0.2, -0.15) is 0 Å². The lowest BCUT2D eigenvalue weighted by Crippen LogP contribution is -2.29. The fourth-order valence-corrected chi connectivity index (χ4v) is 7.19. The Morgan fingerprint density at radius 2 is 1.10 bits per heavy atom. The maximum absolute atomic E-state index is 5.93. The van der Waals surface area contributed by atoms with Gasteiger partial charge in [-0.3, -0.25) is 9.98 Å². The van der Waals surface area contributed by atoms with Crippen molar-refractivity contribution in [1.29, 1.82) is 0 Å². The van der Waals surface area contributed by atoms with Crippen LogP contribution >= 0.6 is 15.9 Å². The Labute approximate surface area is 243 Å². The Bertz CT molecular complexity index is 1850. The van der Waals surface area contributed by atoms with Crippen molar-refractivity contribution < 1.29 is 28.4 Å². The second-order valence-corrected chi connectivity index (χ2v) is 11.4. The van der Waals surface area contributed by atoms with Gasteiger partial charge in [0.25, 0.3) is 0 Å². The van der Waals surface area contributed by atoms with Crippen LogP contribution in [-0.4, -0.2) is 39.2 Å². The van der Waals surface area contributed by atoms with Gasteiger partial charge in [0.05, 0.1) is 22.2 Å². The average Bonchev–Trinajstić information content (AvgIpc) is 3.84. The second-order valence-electron chi connectivity index (χ2n) is 10.6. The van der Waals surface area contributed by atoms with Crippen LogP contribution in [0.5, 0.6) is 34.5 Å². The van der Waals surface area contributed by atoms with Gasteiger partial charge in [0, 0.05) is 45.7 Å². The van der Waals surface area contributed by atoms with E-state index in [-0.39, 0.29) is 24.4 Å². The van der Waals surface area contributed by atoms with Crippen LogP contribution in [-0.2, 0) is 10.8 Å². The SMILES string of the molecule is Brc1cccc2c1C1(C=N2)COc2cc3c(cc21)OCO3.C1=Nc2ccccc2C12COc1cc3c(cc12)OCO3. The lowest BCUT2D eigenvalue weighted by Gasteiger charge is -2.21. The van der Waals surface area contributed by atoms with E-state index in [4.69, 9.17) is 28.4 Å². The van der Waals surface area contributed by atoms with E-state index in [1.54, 1.807) is 0 Å². The lowest BCUT2D eigenvalue weighted by atomic mass is 9.78. The van der Waals surface area contributed by atoms with Gasteiger partial charge in [-0.05, 0) is 35.9 Å². The molecule has 6 aliphatic rings. The Morgan fingerprint density at radius 3 is 1.83 bits per heavy atom. The quantitative estimate of drug-likeness (QED) is 0.230. The van der Waals surface area contributed by atoms with E-state index >= 15 is 0 Å². The van der Waals surface area contributed by atoms with Crippen LogP contribution in [0, 0.1) is 0 Å². The van der Waals surface area contributed by atoms with Gasteiger partial charge in [-0.15, -0.1) is 0 Å². The minimum absolute atomic E-state index is 0.263. The summed E-state index contributed by atoms with van der Waals surface area (Å²) in [4.78, 5) is 9.13. The minimum atomic E-state index is -0.342. The van der Waals surface area contributed by atoms with Gasteiger partial charge in [-0.1, -0.05) is 40.2 Å². The highest BCUT2D eigenvalue weighted by molar-refractivity contribution is 9.10. The van der Waals surface area contributed by atoms with Crippen LogP contribution in [0.1, 0.15) is 22.3 Å². The van der Waals surface area contributed by atoms with E-state index < -0.39 is 0 Å². The number of ether oxygens (including phenoxy) is 6. The zero-order valence-electron chi connectivity index (χ0n) is 21.6. The highest BCUT2D eigenvalue weighted by atomic mass is 79.9. The minimum Gasteiger partial charge on any atom is -0.491 e. The van der Waals surface area contributed by atoms with Gasteiger partial charge in [-0.25, -0.2) is 0 Å². The summed E-state index contributed by atoms with van der Waals surface area (Å²) in [6.45, 7) is 1.66. The molecule has 41 heavy (non-hydrogen) atoms. The first-order valence-electron chi connectivity index (χ1n) is 13.3. The fourth-order valence-electron chi connectivity index (χ4n) is 6.48. The van der Waals surface area contributed by atoms with Gasteiger partial charge in [0.2, 0.25) is 13.6 Å². The molecule has 8 nitrogen and oxygen atoms in total. The summed E-state index contributed by atoms with van der Waals surface area (Å²) in [5, 5.41) is 0. The normalized spacial score (nSPS) is 23.5. The summed E-state index contributed by atoms with van der Waals surface area (Å²) in [6.07, 6.45) is 3.97. The van der Waals surface area contributed by atoms with Gasteiger partial charge < -0.3 is 28.4 Å². The topological polar surface area (TPSA) is 80.1 Å². The molecule has 0 aromatic heterocycles. The van der Waals surface area contributed by atoms with Crippen molar-refractivity contribution in [2.24, 2.45) is 9.98 Å². The Kier molecular flexibility index (Phi) is 4.68. The van der Waals surface area contributed by atoms with Gasteiger partial charge >= 0.3 is 0 Å². The van der Waals surface area contributed by atoms with Crippen molar-refractivity contribution in [2.45, 2.75) is 10.8 Å². The summed E-state index contributed by atoms with van der Waals surface area (Å²) >= 11 is 3.66. The number of hydrogen-bond donors (Lipinski definition) is 0. The van der Waals surface area contributed by atoms with E-state index in [1.165, 1.54) is 5.56 Å². The lowest BCUT2D eigenvalue weighted by molar-refractivity contribution is 0.173. The highest BCUT2D eigenvalue weighted by Crippen LogP contribution is 2.54. The maximum atomic E-state index is 5.93. The van der Waals surface area contributed by atoms with Crippen molar-refractivity contribution in [3.63, 3.8) is 0 Å². The van der Waals surface area contributed by atoms with Crippen molar-refractivity contribution in [2.75, 3.05) is 26.8 Å². The smallest absolute Gasteiger partial charge is 0.231 e. The van der Waals surface area contributed by atoms with Gasteiger partial charge in [0.1, 0.15) is 24.7 Å². The summed E-state index contributed by atoms with van der Waals surface area (Å²) in [6, 6.07) is 22.1. The maximum Gasteiger partial charge on any atom is 0.231 e. The van der Waals surface area contributed by atoms with E-state index in [1.807, 2.05) is 73.1 Å². The Morgan fingerprint density at radius 1 is 0.537 bits per heavy atom. The largest absolute Gasteiger partial charge is 0.491 e. The first-order chi connectivity index (χ1) is 20.1. The fraction of sp³-hybridized carbons (Fsp3) is 0.188. The molecule has 0 saturated carbocycles. The van der Waals surface area contributed by atoms with Crippen molar-refractivity contribution in [1.82, 2.24) is 0 Å². The van der Waals surface area contributed by atoms with Crippen LogP contribution < -0.4 is 28.4 Å². The molecular formula is C32H21BrN2O6. The van der Waals surface area contributed by atoms with Crippen molar-refractivity contribution >= 4 is 39.7 Å². The molecule has 0 fully saturated rings. The molecule has 9 heteroatoms. The molecule has 2 unspecified atom stereocenters. The van der Waals surface area contributed by atoms with Crippen LogP contribution in [0.2, 0.25) is 0 Å². The van der Waals surface area contributed by atoms with Crippen molar-refractivity contribution in [3.8, 4) is 34.5 Å². The molecule has 202 valence electrons. The number of nitrogens with zero attached hydrogens (tertiary/aromatic N) is 2. The molecule has 2 atom stereocenters. The zero-order chi connectivity index (χ0) is 27.2. The predicted molar refractivity (Wildman–Crippen MR) is 155 cm³/mol. The summed E-state index contributed by atoms with van der Waals surface area (Å²) in [5.74, 6) is 4.75. The second kappa shape index (κ2) is 8.27. The van der Waals surface area contributed by atoms with Crippen molar-refractivity contribution in [3.05, 3.63) is 93.5 Å². The molecule has 0 radical (unpaired) electrons. The predicted octanol–water partition coefficient (Wildman–Crippen LogP) is 6.38. The van der Waals surface area contributed by atoms with Gasteiger partial charge in [0.15, 0.2) is 23.0 Å². The van der Waals surface area contributed by atoms with E-state index in [0.29, 0.717) is 13.2 Å². The number of benzene rings is 4. The molecular weight excluding hydrogens is 588 g/mol. The summed E-state index contributed by atoms with van der Waals surface area (Å²) < 4.78 is 34.7. The van der Waals surface area contributed by atoms with Crippen LogP contribution in [0.25, 0.3) is 0 Å². The van der Waals surface area contributed by atoms with Crippen LogP contribution in [0.4, 0.5) is 11.4 Å². The van der Waals surface area contributed by atoms with Crippen LogP contribution in [0.15, 0.2) is 81.2 Å². The number of para-hydroxylation sites is 1. The molecule has 6 heterocycles. The number of fused-ring (bicyclic) bond motifs is 10. The molecule has 6 aliphatic heterocycles. The monoisotopic (exact) mass is 608 g/mol. The summed E-state index contributed by atoms with van der Waals surface area (Å²) in [7, 11) is 0. The molecule has 0 saturated heterocycles. The number of rotatable bonds is 0. The molecule has 10 rings (SSSR count). The standard InChI is InChI=1S/C16H10BrNO3.C16H11NO3/c17-10-2-1-3-11-15(10)16(6-18-11)7-19-12-5-14-13(4-9(12)16)20-8-21-14;1-2-4-12-10(3-1)16(7-17-12)8-18-13-6-15-14(5-11(13)16)19-9-20-15/h1-6H,7-8H2;1-7H,8-9H2. The first kappa shape index (κ1) is 23.2. The van der Waals surface area contributed by atoms with E-state index in [2.05, 4.69) is 32.0 Å². The molecule has 0 amide bonds. The number of aliphatic imine (C=N–C) groups is 2. The average molecular weight is 609 g/mol. The molecule has 4 aromatic carbocycles. The Balaban J connectivity index is 0.000000117. The molecule has 0 aliphatic carbocycles. The number of halogens is 1. The Hall–Kier alpha value is -4.50.